The predicted octanol–water partition coefficient (Wildman–Crippen LogP) is -1.10. The number of aliphatic hydroxyl groups excluding tert-OH is 6. The molecule has 0 spiro atoms. The number of rotatable bonds is 6. The molecule has 0 aliphatic carbocycles. The molecular formula is C26H28O14. The maximum atomic E-state index is 13.6. The number of phenolic OH excluding ortho intramolecular Hbond substituents is 2. The molecule has 2 aliphatic rings. The topological polar surface area (TPSA) is 229 Å². The summed E-state index contributed by atoms with van der Waals surface area (Å²) in [6.07, 6.45) is -12.8. The molecular weight excluding hydrogens is 536 g/mol. The quantitative estimate of drug-likeness (QED) is 0.178. The van der Waals surface area contributed by atoms with E-state index in [-0.39, 0.29) is 33.8 Å². The van der Waals surface area contributed by atoms with Crippen molar-refractivity contribution in [2.75, 3.05) is 6.61 Å². The number of hydrogen-bond acceptors (Lipinski definition) is 14. The fourth-order valence-corrected chi connectivity index (χ4v) is 4.56. The average molecular weight is 564 g/mol. The van der Waals surface area contributed by atoms with E-state index in [4.69, 9.17) is 23.4 Å². The highest BCUT2D eigenvalue weighted by atomic mass is 16.7. The van der Waals surface area contributed by atoms with Gasteiger partial charge in [0.15, 0.2) is 5.76 Å². The van der Waals surface area contributed by atoms with Crippen LogP contribution >= 0.6 is 0 Å². The molecule has 2 aliphatic heterocycles. The van der Waals surface area contributed by atoms with Crippen LogP contribution in [0.2, 0.25) is 0 Å². The summed E-state index contributed by atoms with van der Waals surface area (Å²) in [6, 6.07) is 7.70. The Morgan fingerprint density at radius 3 is 2.12 bits per heavy atom. The zero-order valence-electron chi connectivity index (χ0n) is 20.9. The Balaban J connectivity index is 1.58. The van der Waals surface area contributed by atoms with Crippen molar-refractivity contribution in [2.24, 2.45) is 0 Å². The molecule has 2 saturated heterocycles. The van der Waals surface area contributed by atoms with Crippen LogP contribution in [0.15, 0.2) is 45.6 Å². The minimum absolute atomic E-state index is 0.0845. The summed E-state index contributed by atoms with van der Waals surface area (Å²) in [5, 5.41) is 80.2. The van der Waals surface area contributed by atoms with Crippen LogP contribution in [-0.2, 0) is 9.47 Å². The largest absolute Gasteiger partial charge is 0.508 e. The van der Waals surface area contributed by atoms with E-state index in [1.165, 1.54) is 37.3 Å². The molecule has 1 aromatic heterocycles. The number of ether oxygens (including phenoxy) is 4. The Morgan fingerprint density at radius 1 is 0.825 bits per heavy atom. The molecule has 9 atom stereocenters. The van der Waals surface area contributed by atoms with Gasteiger partial charge in [0.05, 0.1) is 12.7 Å². The fourth-order valence-electron chi connectivity index (χ4n) is 4.56. The van der Waals surface area contributed by atoms with Gasteiger partial charge >= 0.3 is 0 Å². The van der Waals surface area contributed by atoms with Crippen LogP contribution in [-0.4, -0.2) is 103 Å². The third kappa shape index (κ3) is 4.95. The Morgan fingerprint density at radius 2 is 1.48 bits per heavy atom. The zero-order chi connectivity index (χ0) is 28.9. The van der Waals surface area contributed by atoms with Crippen LogP contribution in [0.1, 0.15) is 6.92 Å². The van der Waals surface area contributed by atoms with Gasteiger partial charge in [-0.1, -0.05) is 0 Å². The van der Waals surface area contributed by atoms with Gasteiger partial charge in [-0.05, 0) is 31.2 Å². The molecule has 2 aromatic carbocycles. The van der Waals surface area contributed by atoms with Gasteiger partial charge in [-0.3, -0.25) is 4.79 Å². The number of aliphatic hydroxyl groups is 6. The van der Waals surface area contributed by atoms with E-state index < -0.39 is 78.8 Å². The van der Waals surface area contributed by atoms with E-state index in [2.05, 4.69) is 0 Å². The van der Waals surface area contributed by atoms with E-state index in [0.29, 0.717) is 0 Å². The Hall–Kier alpha value is -3.47. The number of aromatic hydroxyl groups is 2. The monoisotopic (exact) mass is 564 g/mol. The van der Waals surface area contributed by atoms with Crippen molar-refractivity contribution in [3.8, 4) is 34.3 Å². The number of fused-ring (bicyclic) bond motifs is 1. The van der Waals surface area contributed by atoms with Gasteiger partial charge in [-0.25, -0.2) is 0 Å². The highest BCUT2D eigenvalue weighted by molar-refractivity contribution is 5.88. The summed E-state index contributed by atoms with van der Waals surface area (Å²) in [7, 11) is 0. The molecule has 3 heterocycles. The van der Waals surface area contributed by atoms with Crippen LogP contribution in [0.5, 0.6) is 23.0 Å². The normalized spacial score (nSPS) is 32.3. The second-order valence-corrected chi connectivity index (χ2v) is 9.58. The van der Waals surface area contributed by atoms with Crippen LogP contribution in [0.3, 0.4) is 0 Å². The van der Waals surface area contributed by atoms with Gasteiger partial charge in [-0.2, -0.15) is 0 Å². The lowest BCUT2D eigenvalue weighted by Crippen LogP contribution is -2.58. The van der Waals surface area contributed by atoms with E-state index in [9.17, 15) is 45.6 Å². The van der Waals surface area contributed by atoms with Crippen molar-refractivity contribution in [1.82, 2.24) is 0 Å². The highest BCUT2D eigenvalue weighted by Crippen LogP contribution is 2.38. The van der Waals surface area contributed by atoms with Crippen molar-refractivity contribution >= 4 is 11.0 Å². The van der Waals surface area contributed by atoms with Gasteiger partial charge < -0.3 is 64.2 Å². The van der Waals surface area contributed by atoms with Crippen LogP contribution in [0.25, 0.3) is 22.3 Å². The van der Waals surface area contributed by atoms with E-state index in [1.807, 2.05) is 0 Å². The lowest BCUT2D eigenvalue weighted by molar-refractivity contribution is -0.268. The van der Waals surface area contributed by atoms with Gasteiger partial charge in [-0.15, -0.1) is 0 Å². The summed E-state index contributed by atoms with van der Waals surface area (Å²) in [4.78, 5) is 13.6. The van der Waals surface area contributed by atoms with E-state index in [0.717, 1.165) is 6.07 Å². The Labute approximate surface area is 225 Å². The second-order valence-electron chi connectivity index (χ2n) is 9.58. The molecule has 40 heavy (non-hydrogen) atoms. The molecule has 0 radical (unpaired) electrons. The SMILES string of the molecule is C[C@@H]1O[C@@H](Oc2cc(O)c3c(=O)c(O[C@@H]4O[C@@H](CO)[C@H](O)[C@H]4O)c(-c4ccc(O)cc4)oc3c2)[C@H](O)[C@H](O)[C@H]1O. The van der Waals surface area contributed by atoms with Gasteiger partial charge in [0, 0.05) is 17.7 Å². The van der Waals surface area contributed by atoms with Crippen LogP contribution < -0.4 is 14.9 Å². The minimum Gasteiger partial charge on any atom is -0.508 e. The minimum atomic E-state index is -1.64. The number of benzene rings is 2. The molecule has 0 bridgehead atoms. The smallest absolute Gasteiger partial charge is 0.239 e. The first-order chi connectivity index (χ1) is 19.0. The zero-order valence-corrected chi connectivity index (χ0v) is 20.9. The summed E-state index contributed by atoms with van der Waals surface area (Å²) in [5.41, 5.74) is -0.857. The first-order valence-electron chi connectivity index (χ1n) is 12.3. The van der Waals surface area contributed by atoms with Crippen molar-refractivity contribution in [3.63, 3.8) is 0 Å². The molecule has 8 N–H and O–H groups in total. The summed E-state index contributed by atoms with van der Waals surface area (Å²) < 4.78 is 27.9. The molecule has 2 fully saturated rings. The fraction of sp³-hybridized carbons (Fsp3) is 0.423. The second kappa shape index (κ2) is 10.8. The predicted molar refractivity (Wildman–Crippen MR) is 133 cm³/mol. The Bertz CT molecular complexity index is 1420. The van der Waals surface area contributed by atoms with Crippen molar-refractivity contribution < 1.29 is 64.2 Å². The Kier molecular flexibility index (Phi) is 7.60. The van der Waals surface area contributed by atoms with Gasteiger partial charge in [0.2, 0.25) is 23.8 Å². The molecule has 14 nitrogen and oxygen atoms in total. The van der Waals surface area contributed by atoms with E-state index >= 15 is 0 Å². The average Bonchev–Trinajstić information content (AvgIpc) is 3.20. The van der Waals surface area contributed by atoms with Gasteiger partial charge in [0.25, 0.3) is 0 Å². The lowest BCUT2D eigenvalue weighted by atomic mass is 10.00. The first kappa shape index (κ1) is 28.1. The summed E-state index contributed by atoms with van der Waals surface area (Å²) in [6.45, 7) is 0.832. The van der Waals surface area contributed by atoms with Gasteiger partial charge in [0.1, 0.15) is 64.8 Å². The first-order valence-corrected chi connectivity index (χ1v) is 12.3. The molecule has 5 rings (SSSR count). The molecule has 0 amide bonds. The lowest BCUT2D eigenvalue weighted by Gasteiger charge is -2.38. The standard InChI is InChI=1S/C26H28O14/c1-9-17(30)20(33)22(35)25(36-9)37-12-6-13(29)16-14(7-12)38-23(10-2-4-11(28)5-3-10)24(19(16)32)40-26-21(34)18(31)15(8-27)39-26/h2-7,9,15,17-18,20-22,25-31,33-35H,8H2,1H3/t9-,15-,17-,18-,20+,21+,22+,25-,26-/m0/s1. The van der Waals surface area contributed by atoms with Crippen molar-refractivity contribution in [2.45, 2.75) is 62.2 Å². The number of phenols is 2. The van der Waals surface area contributed by atoms with Crippen LogP contribution in [0, 0.1) is 0 Å². The maximum Gasteiger partial charge on any atom is 0.239 e. The third-order valence-electron chi connectivity index (χ3n) is 6.83. The highest BCUT2D eigenvalue weighted by Gasteiger charge is 2.45. The van der Waals surface area contributed by atoms with Crippen LogP contribution in [0.4, 0.5) is 0 Å². The third-order valence-corrected chi connectivity index (χ3v) is 6.83. The molecule has 14 heteroatoms. The van der Waals surface area contributed by atoms with E-state index in [1.54, 1.807) is 0 Å². The molecule has 0 unspecified atom stereocenters. The maximum absolute atomic E-state index is 13.6. The number of hydrogen-bond donors (Lipinski definition) is 8. The summed E-state index contributed by atoms with van der Waals surface area (Å²) in [5.74, 6) is -1.54. The molecule has 0 saturated carbocycles. The molecule has 216 valence electrons. The van der Waals surface area contributed by atoms with Crippen molar-refractivity contribution in [1.29, 1.82) is 0 Å². The summed E-state index contributed by atoms with van der Waals surface area (Å²) >= 11 is 0. The van der Waals surface area contributed by atoms with Crippen molar-refractivity contribution in [3.05, 3.63) is 46.6 Å². The molecule has 3 aromatic rings.